The maximum Gasteiger partial charge on any atom is 0.354 e. The van der Waals surface area contributed by atoms with E-state index in [2.05, 4.69) is 10.5 Å². The highest BCUT2D eigenvalue weighted by Gasteiger charge is 2.56. The van der Waals surface area contributed by atoms with Crippen LogP contribution >= 0.6 is 0 Å². The van der Waals surface area contributed by atoms with Gasteiger partial charge in [-0.05, 0) is 13.0 Å². The van der Waals surface area contributed by atoms with E-state index >= 15 is 0 Å². The molecular weight excluding hydrogens is 332 g/mol. The van der Waals surface area contributed by atoms with Crippen LogP contribution in [0, 0.1) is 10.1 Å². The van der Waals surface area contributed by atoms with Gasteiger partial charge in [-0.1, -0.05) is 6.07 Å². The average Bonchev–Trinajstić information content (AvgIpc) is 3.10. The first-order chi connectivity index (χ1) is 11.9. The smallest absolute Gasteiger partial charge is 0.354 e. The Labute approximate surface area is 141 Å². The van der Waals surface area contributed by atoms with Gasteiger partial charge in [0.15, 0.2) is 0 Å². The molecule has 2 aliphatic heterocycles. The summed E-state index contributed by atoms with van der Waals surface area (Å²) in [6, 6.07) is 5.24. The maximum atomic E-state index is 12.8. The van der Waals surface area contributed by atoms with Crippen LogP contribution in [0.4, 0.5) is 11.4 Å². The van der Waals surface area contributed by atoms with Gasteiger partial charge in [-0.25, -0.2) is 9.69 Å². The summed E-state index contributed by atoms with van der Waals surface area (Å²) in [5, 5.41) is 14.7. The average molecular weight is 346 g/mol. The zero-order chi connectivity index (χ0) is 18.2. The summed E-state index contributed by atoms with van der Waals surface area (Å²) in [7, 11) is 0. The van der Waals surface area contributed by atoms with Crippen molar-refractivity contribution in [3.63, 3.8) is 0 Å². The lowest BCUT2D eigenvalue weighted by atomic mass is 9.93. The van der Waals surface area contributed by atoms with Crippen molar-refractivity contribution in [3.05, 3.63) is 34.4 Å². The number of hydrogen-bond donors (Lipinski definition) is 1. The van der Waals surface area contributed by atoms with Crippen molar-refractivity contribution in [3.8, 4) is 0 Å². The number of benzene rings is 1. The molecule has 2 amide bonds. The van der Waals surface area contributed by atoms with E-state index in [-0.39, 0.29) is 36.5 Å². The molecule has 1 fully saturated rings. The number of hydrazone groups is 1. The van der Waals surface area contributed by atoms with Crippen LogP contribution in [0.25, 0.3) is 0 Å². The Morgan fingerprint density at radius 3 is 2.88 bits per heavy atom. The highest BCUT2D eigenvalue weighted by atomic mass is 16.6. The standard InChI is InChI=1S/C15H14N4O6/c1-2-25-13(21)11-7-15(17-16-11)8-12(20)18(14(15)22)9-4-3-5-10(6-9)19(23)24/h3-6,17H,2,7-8H2,1H3. The number of hydrogen-bond acceptors (Lipinski definition) is 8. The number of ether oxygens (including phenoxy) is 1. The molecule has 2 aliphatic rings. The van der Waals surface area contributed by atoms with Crippen LogP contribution < -0.4 is 10.3 Å². The van der Waals surface area contributed by atoms with Gasteiger partial charge in [-0.15, -0.1) is 0 Å². The lowest BCUT2D eigenvalue weighted by Gasteiger charge is -2.20. The number of nitro groups is 1. The van der Waals surface area contributed by atoms with E-state index in [0.717, 1.165) is 11.0 Å². The van der Waals surface area contributed by atoms with Crippen molar-refractivity contribution in [2.75, 3.05) is 11.5 Å². The first-order valence-corrected chi connectivity index (χ1v) is 7.50. The molecule has 1 N–H and O–H groups in total. The van der Waals surface area contributed by atoms with Gasteiger partial charge in [0.2, 0.25) is 5.91 Å². The Hall–Kier alpha value is -3.30. The Balaban J connectivity index is 1.86. The van der Waals surface area contributed by atoms with Crippen molar-refractivity contribution in [1.29, 1.82) is 0 Å². The highest BCUT2D eigenvalue weighted by Crippen LogP contribution is 2.35. The number of nitro benzene ring substituents is 1. The largest absolute Gasteiger partial charge is 0.461 e. The fourth-order valence-corrected chi connectivity index (χ4v) is 2.84. The third kappa shape index (κ3) is 2.71. The molecular formula is C15H14N4O6. The Bertz CT molecular complexity index is 820. The molecule has 2 heterocycles. The monoisotopic (exact) mass is 346 g/mol. The van der Waals surface area contributed by atoms with Gasteiger partial charge >= 0.3 is 5.97 Å². The molecule has 1 aromatic rings. The van der Waals surface area contributed by atoms with Crippen LogP contribution in [0.1, 0.15) is 19.8 Å². The lowest BCUT2D eigenvalue weighted by Crippen LogP contribution is -2.47. The fraction of sp³-hybridized carbons (Fsp3) is 0.333. The molecule has 1 spiro atoms. The molecule has 0 saturated carbocycles. The van der Waals surface area contributed by atoms with Gasteiger partial charge in [0.25, 0.3) is 11.6 Å². The number of anilines is 1. The number of carbonyl (C=O) groups is 3. The Kier molecular flexibility index (Phi) is 3.95. The fourth-order valence-electron chi connectivity index (χ4n) is 2.84. The SMILES string of the molecule is CCOC(=O)C1=NNC2(CC(=O)N(c3cccc([N+](=O)[O-])c3)C2=O)C1. The molecule has 0 aliphatic carbocycles. The van der Waals surface area contributed by atoms with E-state index in [1.165, 1.54) is 18.2 Å². The number of rotatable bonds is 4. The number of imide groups is 1. The van der Waals surface area contributed by atoms with Crippen molar-refractivity contribution < 1.29 is 24.0 Å². The van der Waals surface area contributed by atoms with Crippen molar-refractivity contribution in [2.45, 2.75) is 25.3 Å². The van der Waals surface area contributed by atoms with Crippen LogP contribution in [0.5, 0.6) is 0 Å². The molecule has 25 heavy (non-hydrogen) atoms. The molecule has 0 radical (unpaired) electrons. The molecule has 130 valence electrons. The normalized spacial score (nSPS) is 22.1. The summed E-state index contributed by atoms with van der Waals surface area (Å²) in [4.78, 5) is 48.1. The predicted octanol–water partition coefficient (Wildman–Crippen LogP) is 0.509. The van der Waals surface area contributed by atoms with E-state index in [1.54, 1.807) is 6.92 Å². The number of nitrogens with one attached hydrogen (secondary N) is 1. The molecule has 1 aromatic carbocycles. The quantitative estimate of drug-likeness (QED) is 0.363. The van der Waals surface area contributed by atoms with Crippen LogP contribution in [0.15, 0.2) is 29.4 Å². The second-order valence-electron chi connectivity index (χ2n) is 5.64. The first kappa shape index (κ1) is 16.6. The molecule has 1 saturated heterocycles. The molecule has 1 atom stereocenters. The number of carbonyl (C=O) groups excluding carboxylic acids is 3. The predicted molar refractivity (Wildman–Crippen MR) is 84.8 cm³/mol. The van der Waals surface area contributed by atoms with Gasteiger partial charge in [0.05, 0.1) is 23.6 Å². The van der Waals surface area contributed by atoms with E-state index in [1.807, 2.05) is 0 Å². The van der Waals surface area contributed by atoms with Gasteiger partial charge in [0.1, 0.15) is 11.3 Å². The van der Waals surface area contributed by atoms with Crippen molar-refractivity contribution in [2.24, 2.45) is 5.10 Å². The topological polar surface area (TPSA) is 131 Å². The minimum atomic E-state index is -1.36. The minimum absolute atomic E-state index is 0.0314. The zero-order valence-corrected chi connectivity index (χ0v) is 13.2. The van der Waals surface area contributed by atoms with Gasteiger partial charge < -0.3 is 4.74 Å². The molecule has 0 aromatic heterocycles. The van der Waals surface area contributed by atoms with Crippen LogP contribution in [0.2, 0.25) is 0 Å². The number of esters is 1. The Morgan fingerprint density at radius 2 is 2.20 bits per heavy atom. The van der Waals surface area contributed by atoms with Crippen molar-refractivity contribution in [1.82, 2.24) is 5.43 Å². The summed E-state index contributed by atoms with van der Waals surface area (Å²) in [5.74, 6) is -1.79. The van der Waals surface area contributed by atoms with Crippen LogP contribution in [-0.2, 0) is 19.1 Å². The van der Waals surface area contributed by atoms with Crippen LogP contribution in [0.3, 0.4) is 0 Å². The molecule has 10 heteroatoms. The first-order valence-electron chi connectivity index (χ1n) is 7.50. The lowest BCUT2D eigenvalue weighted by molar-refractivity contribution is -0.384. The third-order valence-corrected chi connectivity index (χ3v) is 4.00. The zero-order valence-electron chi connectivity index (χ0n) is 13.2. The number of amides is 2. The molecule has 0 bridgehead atoms. The van der Waals surface area contributed by atoms with Gasteiger partial charge in [-0.2, -0.15) is 5.10 Å². The van der Waals surface area contributed by atoms with E-state index in [0.29, 0.717) is 0 Å². The molecule has 3 rings (SSSR count). The Morgan fingerprint density at radius 1 is 1.44 bits per heavy atom. The summed E-state index contributed by atoms with van der Waals surface area (Å²) in [6.07, 6.45) is -0.289. The number of non-ortho nitro benzene ring substituents is 1. The summed E-state index contributed by atoms with van der Waals surface area (Å²) >= 11 is 0. The van der Waals surface area contributed by atoms with E-state index in [9.17, 15) is 24.5 Å². The third-order valence-electron chi connectivity index (χ3n) is 4.00. The second-order valence-corrected chi connectivity index (χ2v) is 5.64. The minimum Gasteiger partial charge on any atom is -0.461 e. The van der Waals surface area contributed by atoms with Gasteiger partial charge in [-0.3, -0.25) is 25.1 Å². The summed E-state index contributed by atoms with van der Waals surface area (Å²) in [6.45, 7) is 1.81. The summed E-state index contributed by atoms with van der Waals surface area (Å²) < 4.78 is 4.85. The van der Waals surface area contributed by atoms with Crippen molar-refractivity contribution >= 4 is 34.9 Å². The van der Waals surface area contributed by atoms with Gasteiger partial charge in [0, 0.05) is 18.6 Å². The summed E-state index contributed by atoms with van der Waals surface area (Å²) in [5.41, 5.74) is 1.12. The van der Waals surface area contributed by atoms with E-state index < -0.39 is 28.2 Å². The number of nitrogens with zero attached hydrogens (tertiary/aromatic N) is 3. The van der Waals surface area contributed by atoms with Crippen LogP contribution in [-0.4, -0.2) is 40.6 Å². The van der Waals surface area contributed by atoms with E-state index in [4.69, 9.17) is 4.74 Å². The second kappa shape index (κ2) is 5.96. The molecule has 1 unspecified atom stereocenters. The maximum absolute atomic E-state index is 12.8. The highest BCUT2D eigenvalue weighted by molar-refractivity contribution is 6.39. The molecule has 10 nitrogen and oxygen atoms in total.